The van der Waals surface area contributed by atoms with Crippen LogP contribution in [0.3, 0.4) is 0 Å². The van der Waals surface area contributed by atoms with E-state index < -0.39 is 0 Å². The van der Waals surface area contributed by atoms with Gasteiger partial charge >= 0.3 is 0 Å². The lowest BCUT2D eigenvalue weighted by atomic mass is 9.94. The Balaban J connectivity index is 1.13. The number of carbonyl (C=O) groups is 1. The number of amides is 1. The minimum absolute atomic E-state index is 0.121. The van der Waals surface area contributed by atoms with Crippen molar-refractivity contribution in [1.82, 2.24) is 15.1 Å². The Morgan fingerprint density at radius 2 is 1.55 bits per heavy atom. The van der Waals surface area contributed by atoms with E-state index in [2.05, 4.69) is 80.0 Å². The SMILES string of the molecule is Cc1cccc(N2CCN(C(=O)C3CCN(c4ccc(N5CCCC5)nn4)CC3)CC2C)c1. The van der Waals surface area contributed by atoms with E-state index in [1.165, 1.54) is 24.1 Å². The van der Waals surface area contributed by atoms with Crippen LogP contribution in [-0.2, 0) is 4.79 Å². The zero-order chi connectivity index (χ0) is 22.8. The Morgan fingerprint density at radius 3 is 2.15 bits per heavy atom. The van der Waals surface area contributed by atoms with Crippen LogP contribution in [0.25, 0.3) is 0 Å². The Hall–Kier alpha value is -2.83. The van der Waals surface area contributed by atoms with Gasteiger partial charge in [0.05, 0.1) is 0 Å². The van der Waals surface area contributed by atoms with E-state index in [1.807, 2.05) is 0 Å². The number of hydrogen-bond donors (Lipinski definition) is 0. The first-order chi connectivity index (χ1) is 16.1. The number of anilines is 3. The first-order valence-electron chi connectivity index (χ1n) is 12.5. The van der Waals surface area contributed by atoms with Crippen LogP contribution in [0.2, 0.25) is 0 Å². The molecule has 3 aliphatic heterocycles. The van der Waals surface area contributed by atoms with Crippen LogP contribution in [0.1, 0.15) is 38.2 Å². The molecule has 1 aromatic heterocycles. The summed E-state index contributed by atoms with van der Waals surface area (Å²) in [5, 5.41) is 8.96. The molecule has 1 amide bonds. The lowest BCUT2D eigenvalue weighted by Gasteiger charge is -2.43. The van der Waals surface area contributed by atoms with Gasteiger partial charge in [-0.25, -0.2) is 0 Å². The molecule has 0 saturated carbocycles. The molecule has 1 aromatic carbocycles. The van der Waals surface area contributed by atoms with Crippen LogP contribution >= 0.6 is 0 Å². The predicted molar refractivity (Wildman–Crippen MR) is 133 cm³/mol. The molecule has 0 N–H and O–H groups in total. The minimum Gasteiger partial charge on any atom is -0.365 e. The van der Waals surface area contributed by atoms with Gasteiger partial charge in [-0.2, -0.15) is 0 Å². The summed E-state index contributed by atoms with van der Waals surface area (Å²) in [6.45, 7) is 10.8. The molecule has 0 radical (unpaired) electrons. The summed E-state index contributed by atoms with van der Waals surface area (Å²) in [5.41, 5.74) is 2.54. The average Bonchev–Trinajstić information content (AvgIpc) is 3.39. The lowest BCUT2D eigenvalue weighted by Crippen LogP contribution is -2.55. The summed E-state index contributed by atoms with van der Waals surface area (Å²) >= 11 is 0. The van der Waals surface area contributed by atoms with Crippen molar-refractivity contribution in [3.8, 4) is 0 Å². The number of aromatic nitrogens is 2. The highest BCUT2D eigenvalue weighted by Gasteiger charge is 2.33. The van der Waals surface area contributed by atoms with Crippen LogP contribution in [0, 0.1) is 12.8 Å². The highest BCUT2D eigenvalue weighted by molar-refractivity contribution is 5.79. The van der Waals surface area contributed by atoms with Crippen LogP contribution < -0.4 is 14.7 Å². The Labute approximate surface area is 197 Å². The molecule has 7 heteroatoms. The minimum atomic E-state index is 0.121. The monoisotopic (exact) mass is 448 g/mol. The van der Waals surface area contributed by atoms with Gasteiger partial charge in [0.15, 0.2) is 11.6 Å². The number of aryl methyl sites for hydroxylation is 1. The van der Waals surface area contributed by atoms with Gasteiger partial charge in [0.25, 0.3) is 0 Å². The molecule has 176 valence electrons. The van der Waals surface area contributed by atoms with Crippen LogP contribution in [0.5, 0.6) is 0 Å². The second-order valence-corrected chi connectivity index (χ2v) is 9.87. The molecule has 2 aromatic rings. The second-order valence-electron chi connectivity index (χ2n) is 9.87. The Kier molecular flexibility index (Phi) is 6.38. The zero-order valence-corrected chi connectivity index (χ0v) is 20.0. The molecule has 0 spiro atoms. The highest BCUT2D eigenvalue weighted by Crippen LogP contribution is 2.27. The summed E-state index contributed by atoms with van der Waals surface area (Å²) in [7, 11) is 0. The summed E-state index contributed by atoms with van der Waals surface area (Å²) in [5.74, 6) is 2.38. The fourth-order valence-electron chi connectivity index (χ4n) is 5.56. The lowest BCUT2D eigenvalue weighted by molar-refractivity contribution is -0.137. The van der Waals surface area contributed by atoms with Crippen molar-refractivity contribution in [1.29, 1.82) is 0 Å². The molecule has 3 fully saturated rings. The molecule has 0 aliphatic carbocycles. The molecular weight excluding hydrogens is 412 g/mol. The Morgan fingerprint density at radius 1 is 0.879 bits per heavy atom. The van der Waals surface area contributed by atoms with Crippen molar-refractivity contribution in [2.45, 2.75) is 45.6 Å². The van der Waals surface area contributed by atoms with Gasteiger partial charge in [0, 0.05) is 63.5 Å². The average molecular weight is 449 g/mol. The number of nitrogens with zero attached hydrogens (tertiary/aromatic N) is 6. The quantitative estimate of drug-likeness (QED) is 0.715. The molecule has 3 saturated heterocycles. The van der Waals surface area contributed by atoms with E-state index >= 15 is 0 Å². The van der Waals surface area contributed by atoms with Gasteiger partial charge in [-0.1, -0.05) is 12.1 Å². The molecule has 0 bridgehead atoms. The first-order valence-corrected chi connectivity index (χ1v) is 12.5. The van der Waals surface area contributed by atoms with E-state index in [0.717, 1.165) is 70.3 Å². The number of piperazine rings is 1. The van der Waals surface area contributed by atoms with Gasteiger partial charge in [-0.3, -0.25) is 4.79 Å². The number of hydrogen-bond acceptors (Lipinski definition) is 6. The summed E-state index contributed by atoms with van der Waals surface area (Å²) in [6.07, 6.45) is 4.26. The molecule has 33 heavy (non-hydrogen) atoms. The molecule has 5 rings (SSSR count). The maximum Gasteiger partial charge on any atom is 0.225 e. The van der Waals surface area contributed by atoms with Gasteiger partial charge in [0.1, 0.15) is 0 Å². The second kappa shape index (κ2) is 9.57. The van der Waals surface area contributed by atoms with Crippen LogP contribution in [-0.4, -0.2) is 72.9 Å². The molecule has 1 unspecified atom stereocenters. The van der Waals surface area contributed by atoms with Crippen molar-refractivity contribution in [2.75, 3.05) is 60.5 Å². The van der Waals surface area contributed by atoms with Crippen molar-refractivity contribution in [3.05, 3.63) is 42.0 Å². The van der Waals surface area contributed by atoms with Crippen molar-refractivity contribution >= 4 is 23.2 Å². The predicted octanol–water partition coefficient (Wildman–Crippen LogP) is 3.34. The summed E-state index contributed by atoms with van der Waals surface area (Å²) < 4.78 is 0. The topological polar surface area (TPSA) is 55.8 Å². The highest BCUT2D eigenvalue weighted by atomic mass is 16.2. The number of piperidine rings is 1. The van der Waals surface area contributed by atoms with E-state index in [9.17, 15) is 4.79 Å². The molecule has 4 heterocycles. The van der Waals surface area contributed by atoms with E-state index in [0.29, 0.717) is 11.9 Å². The number of rotatable bonds is 4. The smallest absolute Gasteiger partial charge is 0.225 e. The zero-order valence-electron chi connectivity index (χ0n) is 20.0. The fourth-order valence-corrected chi connectivity index (χ4v) is 5.56. The van der Waals surface area contributed by atoms with Crippen molar-refractivity contribution in [3.63, 3.8) is 0 Å². The third-order valence-corrected chi connectivity index (χ3v) is 7.51. The number of benzene rings is 1. The molecular formula is C26H36N6O. The molecule has 7 nitrogen and oxygen atoms in total. The molecule has 3 aliphatic rings. The van der Waals surface area contributed by atoms with Gasteiger partial charge in [0.2, 0.25) is 5.91 Å². The summed E-state index contributed by atoms with van der Waals surface area (Å²) in [4.78, 5) is 22.4. The van der Waals surface area contributed by atoms with Crippen molar-refractivity contribution < 1.29 is 4.79 Å². The van der Waals surface area contributed by atoms with E-state index in [1.54, 1.807) is 0 Å². The van der Waals surface area contributed by atoms with Crippen LogP contribution in [0.15, 0.2) is 36.4 Å². The maximum atomic E-state index is 13.3. The van der Waals surface area contributed by atoms with Gasteiger partial charge in [-0.15, -0.1) is 10.2 Å². The standard InChI is InChI=1S/C26H36N6O/c1-20-6-5-7-23(18-20)32-17-16-31(19-21(32)2)26(33)22-10-14-30(15-11-22)25-9-8-24(27-28-25)29-12-3-4-13-29/h5-9,18,21-22H,3-4,10-17,19H2,1-2H3. The summed E-state index contributed by atoms with van der Waals surface area (Å²) in [6, 6.07) is 13.2. The normalized spacial score (nSPS) is 22.2. The third kappa shape index (κ3) is 4.77. The van der Waals surface area contributed by atoms with E-state index in [4.69, 9.17) is 0 Å². The number of carbonyl (C=O) groups excluding carboxylic acids is 1. The largest absolute Gasteiger partial charge is 0.365 e. The van der Waals surface area contributed by atoms with Crippen molar-refractivity contribution in [2.24, 2.45) is 5.92 Å². The van der Waals surface area contributed by atoms with Crippen LogP contribution in [0.4, 0.5) is 17.3 Å². The van der Waals surface area contributed by atoms with Gasteiger partial charge < -0.3 is 19.6 Å². The maximum absolute atomic E-state index is 13.3. The third-order valence-electron chi connectivity index (χ3n) is 7.51. The Bertz CT molecular complexity index is 950. The molecule has 1 atom stereocenters. The van der Waals surface area contributed by atoms with E-state index in [-0.39, 0.29) is 5.92 Å². The van der Waals surface area contributed by atoms with Gasteiger partial charge in [-0.05, 0) is 69.4 Å². The fraction of sp³-hybridized carbons (Fsp3) is 0.577. The first kappa shape index (κ1) is 22.0.